The topological polar surface area (TPSA) is 49.4 Å². The lowest BCUT2D eigenvalue weighted by Gasteiger charge is -2.32. The van der Waals surface area contributed by atoms with E-state index in [1.165, 1.54) is 10.5 Å². The second kappa shape index (κ2) is 9.97. The maximum absolute atomic E-state index is 12.9. The molecule has 4 nitrogen and oxygen atoms in total. The van der Waals surface area contributed by atoms with Crippen molar-refractivity contribution in [2.75, 3.05) is 25.9 Å². The van der Waals surface area contributed by atoms with Crippen LogP contribution in [-0.4, -0.2) is 42.6 Å². The van der Waals surface area contributed by atoms with Gasteiger partial charge in [0.2, 0.25) is 5.91 Å². The minimum Gasteiger partial charge on any atom is -0.355 e. The van der Waals surface area contributed by atoms with Crippen molar-refractivity contribution in [3.05, 3.63) is 64.7 Å². The average molecular weight is 411 g/mol. The number of piperidine rings is 1. The predicted octanol–water partition coefficient (Wildman–Crippen LogP) is 4.24. The fraction of sp³-hybridized carbons (Fsp3) is 0.417. The number of hydrogen-bond donors (Lipinski definition) is 1. The van der Waals surface area contributed by atoms with E-state index in [4.69, 9.17) is 0 Å². The van der Waals surface area contributed by atoms with Crippen molar-refractivity contribution < 1.29 is 9.59 Å². The van der Waals surface area contributed by atoms with Gasteiger partial charge in [-0.1, -0.05) is 29.3 Å². The van der Waals surface area contributed by atoms with Crippen LogP contribution in [0, 0.1) is 19.8 Å². The molecule has 29 heavy (non-hydrogen) atoms. The number of aryl methyl sites for hydroxylation is 2. The third-order valence-electron chi connectivity index (χ3n) is 5.42. The number of carbonyl (C=O) groups is 2. The molecular weight excluding hydrogens is 380 g/mol. The smallest absolute Gasteiger partial charge is 0.253 e. The first-order valence-electron chi connectivity index (χ1n) is 10.2. The molecule has 0 aliphatic carbocycles. The lowest BCUT2D eigenvalue weighted by molar-refractivity contribution is -0.126. The molecule has 0 bridgehead atoms. The molecule has 1 atom stereocenters. The Kier molecular flexibility index (Phi) is 7.37. The van der Waals surface area contributed by atoms with Crippen molar-refractivity contribution in [2.24, 2.45) is 5.92 Å². The summed E-state index contributed by atoms with van der Waals surface area (Å²) >= 11 is 1.73. The number of likely N-dealkylation sites (tertiary alicyclic amines) is 1. The second-order valence-corrected chi connectivity index (χ2v) is 8.74. The van der Waals surface area contributed by atoms with Crippen LogP contribution in [0.15, 0.2) is 47.4 Å². The van der Waals surface area contributed by atoms with Crippen LogP contribution in [0.4, 0.5) is 0 Å². The zero-order valence-corrected chi connectivity index (χ0v) is 18.3. The molecular formula is C24H30N2O2S. The van der Waals surface area contributed by atoms with Gasteiger partial charge in [-0.15, -0.1) is 11.8 Å². The van der Waals surface area contributed by atoms with E-state index in [1.54, 1.807) is 11.8 Å². The van der Waals surface area contributed by atoms with Crippen LogP contribution in [0.5, 0.6) is 0 Å². The van der Waals surface area contributed by atoms with Crippen LogP contribution in [-0.2, 0) is 11.2 Å². The molecule has 1 aliphatic rings. The molecule has 0 radical (unpaired) electrons. The number of nitrogens with zero attached hydrogens (tertiary/aromatic N) is 1. The highest BCUT2D eigenvalue weighted by Crippen LogP contribution is 2.20. The van der Waals surface area contributed by atoms with Crippen molar-refractivity contribution in [3.8, 4) is 0 Å². The summed E-state index contributed by atoms with van der Waals surface area (Å²) in [5.74, 6) is -0.0377. The Morgan fingerprint density at radius 3 is 2.45 bits per heavy atom. The van der Waals surface area contributed by atoms with E-state index in [2.05, 4.69) is 41.9 Å². The van der Waals surface area contributed by atoms with E-state index in [0.717, 1.165) is 42.5 Å². The number of nitrogens with one attached hydrogen (secondary N) is 1. The number of benzene rings is 2. The van der Waals surface area contributed by atoms with Gasteiger partial charge in [0.05, 0.1) is 5.92 Å². The molecule has 3 rings (SSSR count). The van der Waals surface area contributed by atoms with Gasteiger partial charge in [0.25, 0.3) is 5.91 Å². The zero-order valence-electron chi connectivity index (χ0n) is 17.5. The van der Waals surface area contributed by atoms with Crippen LogP contribution in [0.2, 0.25) is 0 Å². The Bertz CT molecular complexity index is 843. The molecule has 0 spiro atoms. The van der Waals surface area contributed by atoms with E-state index in [0.29, 0.717) is 13.1 Å². The van der Waals surface area contributed by atoms with Crippen molar-refractivity contribution in [3.63, 3.8) is 0 Å². The molecule has 0 saturated carbocycles. The Labute approximate surface area is 178 Å². The summed E-state index contributed by atoms with van der Waals surface area (Å²) < 4.78 is 0. The Balaban J connectivity index is 1.52. The van der Waals surface area contributed by atoms with Gasteiger partial charge in [0, 0.05) is 30.1 Å². The lowest BCUT2D eigenvalue weighted by atomic mass is 9.96. The minimum atomic E-state index is -0.127. The fourth-order valence-electron chi connectivity index (χ4n) is 3.92. The standard InChI is InChI=1S/C24H30N2O2S/c1-17-13-18(2)15-21(14-17)24(28)26-12-4-5-20(16-26)23(27)25-11-10-19-6-8-22(29-3)9-7-19/h6-9,13-15,20H,4-5,10-12,16H2,1-3H3,(H,25,27). The molecule has 1 saturated heterocycles. The first-order valence-corrected chi connectivity index (χ1v) is 11.5. The number of carbonyl (C=O) groups excluding carboxylic acids is 2. The maximum atomic E-state index is 12.9. The molecule has 2 aromatic carbocycles. The Hall–Kier alpha value is -2.27. The molecule has 2 aromatic rings. The number of thioether (sulfide) groups is 1. The lowest BCUT2D eigenvalue weighted by Crippen LogP contribution is -2.45. The Morgan fingerprint density at radius 1 is 1.10 bits per heavy atom. The van der Waals surface area contributed by atoms with Gasteiger partial charge in [-0.05, 0) is 69.2 Å². The van der Waals surface area contributed by atoms with Gasteiger partial charge in [-0.3, -0.25) is 9.59 Å². The summed E-state index contributed by atoms with van der Waals surface area (Å²) in [6, 6.07) is 14.4. The van der Waals surface area contributed by atoms with E-state index in [9.17, 15) is 9.59 Å². The highest BCUT2D eigenvalue weighted by molar-refractivity contribution is 7.98. The highest BCUT2D eigenvalue weighted by Gasteiger charge is 2.28. The molecule has 0 aromatic heterocycles. The quantitative estimate of drug-likeness (QED) is 0.725. The summed E-state index contributed by atoms with van der Waals surface area (Å²) in [5, 5.41) is 3.06. The van der Waals surface area contributed by atoms with Gasteiger partial charge in [0.15, 0.2) is 0 Å². The summed E-state index contributed by atoms with van der Waals surface area (Å²) in [6.45, 7) is 5.85. The largest absolute Gasteiger partial charge is 0.355 e. The average Bonchev–Trinajstić information content (AvgIpc) is 2.73. The molecule has 154 valence electrons. The molecule has 1 unspecified atom stereocenters. The SMILES string of the molecule is CSc1ccc(CCNC(=O)C2CCCN(C(=O)c3cc(C)cc(C)c3)C2)cc1. The zero-order chi connectivity index (χ0) is 20.8. The molecule has 1 N–H and O–H groups in total. The number of rotatable bonds is 6. The molecule has 2 amide bonds. The minimum absolute atomic E-state index is 0.0307. The summed E-state index contributed by atoms with van der Waals surface area (Å²) in [5.41, 5.74) is 4.12. The Morgan fingerprint density at radius 2 is 1.79 bits per heavy atom. The summed E-state index contributed by atoms with van der Waals surface area (Å²) in [7, 11) is 0. The van der Waals surface area contributed by atoms with Crippen molar-refractivity contribution in [1.82, 2.24) is 10.2 Å². The highest BCUT2D eigenvalue weighted by atomic mass is 32.2. The molecule has 1 heterocycles. The third-order valence-corrected chi connectivity index (χ3v) is 6.16. The normalized spacial score (nSPS) is 16.5. The van der Waals surface area contributed by atoms with E-state index < -0.39 is 0 Å². The van der Waals surface area contributed by atoms with Crippen LogP contribution < -0.4 is 5.32 Å². The maximum Gasteiger partial charge on any atom is 0.253 e. The summed E-state index contributed by atoms with van der Waals surface area (Å²) in [4.78, 5) is 28.6. The molecule has 5 heteroatoms. The summed E-state index contributed by atoms with van der Waals surface area (Å²) in [6.07, 6.45) is 4.58. The van der Waals surface area contributed by atoms with Gasteiger partial charge < -0.3 is 10.2 Å². The van der Waals surface area contributed by atoms with Gasteiger partial charge in [0.1, 0.15) is 0 Å². The van der Waals surface area contributed by atoms with Crippen molar-refractivity contribution in [2.45, 2.75) is 38.0 Å². The van der Waals surface area contributed by atoms with Crippen molar-refractivity contribution >= 4 is 23.6 Å². The monoisotopic (exact) mass is 410 g/mol. The van der Waals surface area contributed by atoms with Crippen LogP contribution in [0.3, 0.4) is 0 Å². The first kappa shape index (κ1) is 21.4. The fourth-order valence-corrected chi connectivity index (χ4v) is 4.33. The van der Waals surface area contributed by atoms with Crippen LogP contribution in [0.1, 0.15) is 39.9 Å². The third kappa shape index (κ3) is 5.86. The van der Waals surface area contributed by atoms with Crippen molar-refractivity contribution in [1.29, 1.82) is 0 Å². The van der Waals surface area contributed by atoms with Gasteiger partial charge in [-0.2, -0.15) is 0 Å². The number of hydrogen-bond acceptors (Lipinski definition) is 3. The van der Waals surface area contributed by atoms with E-state index in [1.807, 2.05) is 30.9 Å². The molecule has 1 fully saturated rings. The first-order chi connectivity index (χ1) is 14.0. The van der Waals surface area contributed by atoms with Crippen LogP contribution >= 0.6 is 11.8 Å². The van der Waals surface area contributed by atoms with E-state index in [-0.39, 0.29) is 17.7 Å². The van der Waals surface area contributed by atoms with Crippen LogP contribution in [0.25, 0.3) is 0 Å². The predicted molar refractivity (Wildman–Crippen MR) is 119 cm³/mol. The second-order valence-electron chi connectivity index (χ2n) is 7.86. The van der Waals surface area contributed by atoms with Gasteiger partial charge in [-0.25, -0.2) is 0 Å². The van der Waals surface area contributed by atoms with Gasteiger partial charge >= 0.3 is 0 Å². The number of amides is 2. The molecule has 1 aliphatic heterocycles. The van der Waals surface area contributed by atoms with E-state index >= 15 is 0 Å².